The zero-order valence-corrected chi connectivity index (χ0v) is 15.1. The van der Waals surface area contributed by atoms with Crippen molar-refractivity contribution in [2.24, 2.45) is 0 Å². The molecule has 3 rings (SSSR count). The number of para-hydroxylation sites is 1. The van der Waals surface area contributed by atoms with Crippen LogP contribution in [0.15, 0.2) is 54.6 Å². The number of rotatable bonds is 5. The smallest absolute Gasteiger partial charge is 0.246 e. The summed E-state index contributed by atoms with van der Waals surface area (Å²) in [6, 6.07) is 15.9. The average Bonchev–Trinajstić information content (AvgIpc) is 2.95. The minimum Gasteiger partial charge on any atom is -0.376 e. The number of anilines is 2. The van der Waals surface area contributed by atoms with Crippen molar-refractivity contribution >= 4 is 38.7 Å². The zero-order valence-electron chi connectivity index (χ0n) is 13.6. The van der Waals surface area contributed by atoms with Gasteiger partial charge in [0.05, 0.1) is 24.1 Å². The van der Waals surface area contributed by atoms with E-state index in [2.05, 4.69) is 5.32 Å². The Morgan fingerprint density at radius 3 is 2.40 bits per heavy atom. The summed E-state index contributed by atoms with van der Waals surface area (Å²) in [5.41, 5.74) is 1.50. The van der Waals surface area contributed by atoms with E-state index in [4.69, 9.17) is 11.6 Å². The number of amides is 1. The molecule has 0 radical (unpaired) electrons. The van der Waals surface area contributed by atoms with Crippen molar-refractivity contribution in [1.82, 2.24) is 0 Å². The van der Waals surface area contributed by atoms with Crippen LogP contribution in [0.25, 0.3) is 0 Å². The van der Waals surface area contributed by atoms with Crippen LogP contribution in [0.2, 0.25) is 5.02 Å². The summed E-state index contributed by atoms with van der Waals surface area (Å²) in [5.74, 6) is -0.0312. The number of hydrogen-bond acceptors (Lipinski definition) is 4. The highest BCUT2D eigenvalue weighted by Crippen LogP contribution is 2.24. The average molecular weight is 379 g/mol. The van der Waals surface area contributed by atoms with Gasteiger partial charge in [0.2, 0.25) is 5.91 Å². The summed E-state index contributed by atoms with van der Waals surface area (Å²) < 4.78 is 23.7. The van der Waals surface area contributed by atoms with Crippen molar-refractivity contribution in [2.75, 3.05) is 28.3 Å². The van der Waals surface area contributed by atoms with Crippen molar-refractivity contribution in [3.8, 4) is 0 Å². The van der Waals surface area contributed by atoms with Crippen LogP contribution >= 0.6 is 11.6 Å². The van der Waals surface area contributed by atoms with Crippen LogP contribution in [0.1, 0.15) is 6.42 Å². The Labute approximate surface area is 152 Å². The molecule has 2 aromatic carbocycles. The van der Waals surface area contributed by atoms with E-state index in [0.717, 1.165) is 5.69 Å². The maximum atomic E-state index is 12.8. The minimum atomic E-state index is -3.08. The van der Waals surface area contributed by atoms with Crippen molar-refractivity contribution < 1.29 is 13.2 Å². The van der Waals surface area contributed by atoms with Crippen LogP contribution in [0.4, 0.5) is 11.4 Å². The topological polar surface area (TPSA) is 66.5 Å². The van der Waals surface area contributed by atoms with Gasteiger partial charge >= 0.3 is 0 Å². The molecule has 132 valence electrons. The van der Waals surface area contributed by atoms with E-state index in [9.17, 15) is 13.2 Å². The maximum absolute atomic E-state index is 12.8. The van der Waals surface area contributed by atoms with Gasteiger partial charge in [0.1, 0.15) is 0 Å². The number of carbonyl (C=O) groups excluding carboxylic acids is 1. The van der Waals surface area contributed by atoms with Gasteiger partial charge in [0.15, 0.2) is 9.84 Å². The van der Waals surface area contributed by atoms with Gasteiger partial charge in [-0.25, -0.2) is 8.42 Å². The SMILES string of the molecule is O=C(CNc1ccc(Cl)cc1)N(c1ccccc1)[C@H]1CCS(=O)(=O)C1. The van der Waals surface area contributed by atoms with Crippen LogP contribution in [0.3, 0.4) is 0 Å². The third kappa shape index (κ3) is 4.52. The molecule has 1 fully saturated rings. The van der Waals surface area contributed by atoms with E-state index in [0.29, 0.717) is 17.1 Å². The summed E-state index contributed by atoms with van der Waals surface area (Å²) in [5, 5.41) is 3.69. The molecule has 0 bridgehead atoms. The Hall–Kier alpha value is -2.05. The normalized spacial score (nSPS) is 18.7. The number of nitrogens with zero attached hydrogens (tertiary/aromatic N) is 1. The van der Waals surface area contributed by atoms with E-state index in [-0.39, 0.29) is 30.0 Å². The van der Waals surface area contributed by atoms with Gasteiger partial charge in [0, 0.05) is 16.4 Å². The molecule has 5 nitrogen and oxygen atoms in total. The van der Waals surface area contributed by atoms with E-state index in [1.807, 2.05) is 30.3 Å². The first-order chi connectivity index (χ1) is 11.9. The predicted molar refractivity (Wildman–Crippen MR) is 101 cm³/mol. The van der Waals surface area contributed by atoms with Gasteiger partial charge in [-0.1, -0.05) is 29.8 Å². The third-order valence-electron chi connectivity index (χ3n) is 4.16. The lowest BCUT2D eigenvalue weighted by Crippen LogP contribution is -2.44. The lowest BCUT2D eigenvalue weighted by atomic mass is 10.1. The molecular weight excluding hydrogens is 360 g/mol. The lowest BCUT2D eigenvalue weighted by Gasteiger charge is -2.28. The van der Waals surface area contributed by atoms with Crippen LogP contribution in [-0.4, -0.2) is 38.4 Å². The second-order valence-electron chi connectivity index (χ2n) is 6.02. The number of hydrogen-bond donors (Lipinski definition) is 1. The molecule has 25 heavy (non-hydrogen) atoms. The van der Waals surface area contributed by atoms with Gasteiger partial charge in [-0.15, -0.1) is 0 Å². The second-order valence-corrected chi connectivity index (χ2v) is 8.68. The number of nitrogens with one attached hydrogen (secondary N) is 1. The Morgan fingerprint density at radius 2 is 1.80 bits per heavy atom. The van der Waals surface area contributed by atoms with E-state index >= 15 is 0 Å². The Balaban J connectivity index is 1.76. The van der Waals surface area contributed by atoms with Gasteiger partial charge in [-0.05, 0) is 42.8 Å². The lowest BCUT2D eigenvalue weighted by molar-refractivity contribution is -0.117. The van der Waals surface area contributed by atoms with E-state index in [1.165, 1.54) is 0 Å². The minimum absolute atomic E-state index is 0.00851. The monoisotopic (exact) mass is 378 g/mol. The molecule has 0 aromatic heterocycles. The van der Waals surface area contributed by atoms with Crippen LogP contribution in [-0.2, 0) is 14.6 Å². The number of carbonyl (C=O) groups is 1. The fourth-order valence-corrected chi connectivity index (χ4v) is 4.78. The molecule has 0 saturated carbocycles. The summed E-state index contributed by atoms with van der Waals surface area (Å²) in [4.78, 5) is 14.4. The highest BCUT2D eigenvalue weighted by atomic mass is 35.5. The molecule has 0 spiro atoms. The summed E-state index contributed by atoms with van der Waals surface area (Å²) in [7, 11) is -3.08. The van der Waals surface area contributed by atoms with E-state index < -0.39 is 9.84 Å². The Morgan fingerprint density at radius 1 is 1.12 bits per heavy atom. The maximum Gasteiger partial charge on any atom is 0.246 e. The first-order valence-electron chi connectivity index (χ1n) is 8.01. The molecule has 1 saturated heterocycles. The molecule has 0 aliphatic carbocycles. The van der Waals surface area contributed by atoms with Crippen LogP contribution in [0.5, 0.6) is 0 Å². The molecule has 1 aliphatic rings. The van der Waals surface area contributed by atoms with Gasteiger partial charge in [-0.3, -0.25) is 4.79 Å². The molecule has 1 N–H and O–H groups in total. The van der Waals surface area contributed by atoms with Crippen LogP contribution in [0, 0.1) is 0 Å². The highest BCUT2D eigenvalue weighted by molar-refractivity contribution is 7.91. The fourth-order valence-electron chi connectivity index (χ4n) is 2.96. The third-order valence-corrected chi connectivity index (χ3v) is 6.17. The largest absolute Gasteiger partial charge is 0.376 e. The molecular formula is C18H19ClN2O3S. The molecule has 7 heteroatoms. The molecule has 1 atom stereocenters. The van der Waals surface area contributed by atoms with Crippen molar-refractivity contribution in [3.63, 3.8) is 0 Å². The van der Waals surface area contributed by atoms with Gasteiger partial charge < -0.3 is 10.2 Å². The Kier molecular flexibility index (Phi) is 5.30. The first-order valence-corrected chi connectivity index (χ1v) is 10.2. The summed E-state index contributed by atoms with van der Waals surface area (Å²) in [6.45, 7) is 0.0765. The van der Waals surface area contributed by atoms with Gasteiger partial charge in [-0.2, -0.15) is 0 Å². The number of benzene rings is 2. The number of halogens is 1. The fraction of sp³-hybridized carbons (Fsp3) is 0.278. The summed E-state index contributed by atoms with van der Waals surface area (Å²) >= 11 is 5.86. The summed E-state index contributed by atoms with van der Waals surface area (Å²) in [6.07, 6.45) is 0.462. The molecule has 1 amide bonds. The molecule has 0 unspecified atom stereocenters. The molecule has 2 aromatic rings. The highest BCUT2D eigenvalue weighted by Gasteiger charge is 2.35. The van der Waals surface area contributed by atoms with Crippen molar-refractivity contribution in [2.45, 2.75) is 12.5 Å². The predicted octanol–water partition coefficient (Wildman–Crippen LogP) is 2.97. The van der Waals surface area contributed by atoms with Crippen molar-refractivity contribution in [3.05, 3.63) is 59.6 Å². The first kappa shape index (κ1) is 17.8. The number of sulfone groups is 1. The molecule has 1 heterocycles. The standard InChI is InChI=1S/C18H19ClN2O3S/c19-14-6-8-15(9-7-14)20-12-18(22)21(16-4-2-1-3-5-16)17-10-11-25(23,24)13-17/h1-9,17,20H,10-13H2/t17-/m0/s1. The second kappa shape index (κ2) is 7.45. The van der Waals surface area contributed by atoms with Gasteiger partial charge in [0.25, 0.3) is 0 Å². The zero-order chi connectivity index (χ0) is 17.9. The van der Waals surface area contributed by atoms with Crippen LogP contribution < -0.4 is 10.2 Å². The molecule has 1 aliphatic heterocycles. The van der Waals surface area contributed by atoms with E-state index in [1.54, 1.807) is 29.2 Å². The Bertz CT molecular complexity index is 838. The van der Waals surface area contributed by atoms with Crippen molar-refractivity contribution in [1.29, 1.82) is 0 Å². The quantitative estimate of drug-likeness (QED) is 0.868.